The summed E-state index contributed by atoms with van der Waals surface area (Å²) >= 11 is 5.94. The number of anilines is 1. The zero-order valence-electron chi connectivity index (χ0n) is 8.98. The molecule has 82 valence electrons. The van der Waals surface area contributed by atoms with Crippen molar-refractivity contribution in [2.45, 2.75) is 26.1 Å². The van der Waals surface area contributed by atoms with Gasteiger partial charge in [-0.05, 0) is 26.0 Å². The summed E-state index contributed by atoms with van der Waals surface area (Å²) in [7, 11) is 0. The Morgan fingerprint density at radius 1 is 1.40 bits per heavy atom. The van der Waals surface area contributed by atoms with Gasteiger partial charge < -0.3 is 9.64 Å². The maximum atomic E-state index is 5.94. The predicted octanol–water partition coefficient (Wildman–Crippen LogP) is 2.35. The first kappa shape index (κ1) is 10.7. The second-order valence-corrected chi connectivity index (χ2v) is 4.43. The molecule has 2 heterocycles. The summed E-state index contributed by atoms with van der Waals surface area (Å²) in [5, 5.41) is 0.729. The van der Waals surface area contributed by atoms with Crippen molar-refractivity contribution < 1.29 is 4.74 Å². The van der Waals surface area contributed by atoms with Gasteiger partial charge >= 0.3 is 0 Å². The fraction of sp³-hybridized carbons (Fsp3) is 0.545. The average molecular weight is 227 g/mol. The molecule has 2 atom stereocenters. The van der Waals surface area contributed by atoms with E-state index in [1.165, 1.54) is 0 Å². The average Bonchev–Trinajstić information content (AvgIpc) is 2.16. The molecule has 0 bridgehead atoms. The second kappa shape index (κ2) is 4.37. The van der Waals surface area contributed by atoms with Crippen LogP contribution in [0.25, 0.3) is 0 Å². The molecule has 0 aromatic carbocycles. The van der Waals surface area contributed by atoms with Gasteiger partial charge in [0.05, 0.1) is 12.2 Å². The zero-order chi connectivity index (χ0) is 10.8. The van der Waals surface area contributed by atoms with Crippen LogP contribution in [0, 0.1) is 0 Å². The molecule has 2 rings (SSSR count). The fourth-order valence-electron chi connectivity index (χ4n) is 1.93. The maximum Gasteiger partial charge on any atom is 0.130 e. The summed E-state index contributed by atoms with van der Waals surface area (Å²) in [5.41, 5.74) is 0. The van der Waals surface area contributed by atoms with E-state index in [-0.39, 0.29) is 12.2 Å². The lowest BCUT2D eigenvalue weighted by atomic mass is 10.2. The third kappa shape index (κ3) is 2.61. The predicted molar refractivity (Wildman–Crippen MR) is 61.5 cm³/mol. The van der Waals surface area contributed by atoms with Crippen LogP contribution in [-0.2, 0) is 4.74 Å². The fourth-order valence-corrected chi connectivity index (χ4v) is 2.09. The first-order valence-electron chi connectivity index (χ1n) is 5.17. The second-order valence-electron chi connectivity index (χ2n) is 3.99. The highest BCUT2D eigenvalue weighted by Gasteiger charge is 2.22. The molecular weight excluding hydrogens is 212 g/mol. The molecule has 1 unspecified atom stereocenters. The Labute approximate surface area is 95.0 Å². The lowest BCUT2D eigenvalue weighted by molar-refractivity contribution is -0.00545. The molecule has 0 aliphatic carbocycles. The summed E-state index contributed by atoms with van der Waals surface area (Å²) in [6, 6.07) is 3.69. The van der Waals surface area contributed by atoms with Crippen molar-refractivity contribution in [2.24, 2.45) is 0 Å². The van der Waals surface area contributed by atoms with Crippen LogP contribution in [0.4, 0.5) is 5.82 Å². The van der Waals surface area contributed by atoms with E-state index in [9.17, 15) is 0 Å². The Bertz CT molecular complexity index is 335. The lowest BCUT2D eigenvalue weighted by Crippen LogP contribution is -2.45. The van der Waals surface area contributed by atoms with Gasteiger partial charge in [-0.3, -0.25) is 0 Å². The van der Waals surface area contributed by atoms with E-state index in [1.807, 2.05) is 6.07 Å². The molecule has 0 amide bonds. The van der Waals surface area contributed by atoms with Crippen LogP contribution in [-0.4, -0.2) is 30.3 Å². The van der Waals surface area contributed by atoms with Crippen molar-refractivity contribution in [2.75, 3.05) is 18.0 Å². The van der Waals surface area contributed by atoms with Gasteiger partial charge in [-0.1, -0.05) is 11.6 Å². The summed E-state index contributed by atoms with van der Waals surface area (Å²) in [4.78, 5) is 6.53. The van der Waals surface area contributed by atoms with Gasteiger partial charge in [0, 0.05) is 24.3 Å². The summed E-state index contributed by atoms with van der Waals surface area (Å²) in [5.74, 6) is 0.935. The Morgan fingerprint density at radius 3 is 2.67 bits per heavy atom. The van der Waals surface area contributed by atoms with E-state index in [0.29, 0.717) is 0 Å². The molecule has 1 aromatic heterocycles. The highest BCUT2D eigenvalue weighted by atomic mass is 35.5. The normalized spacial score (nSPS) is 26.7. The number of morpholine rings is 1. The van der Waals surface area contributed by atoms with E-state index in [4.69, 9.17) is 16.3 Å². The Hall–Kier alpha value is -0.800. The van der Waals surface area contributed by atoms with Crippen LogP contribution in [0.2, 0.25) is 5.02 Å². The van der Waals surface area contributed by atoms with E-state index in [0.717, 1.165) is 23.9 Å². The van der Waals surface area contributed by atoms with E-state index in [1.54, 1.807) is 12.3 Å². The Kier molecular flexibility index (Phi) is 3.12. The van der Waals surface area contributed by atoms with E-state index < -0.39 is 0 Å². The number of halogens is 1. The van der Waals surface area contributed by atoms with Gasteiger partial charge in [0.25, 0.3) is 0 Å². The van der Waals surface area contributed by atoms with Gasteiger partial charge in [-0.25, -0.2) is 4.98 Å². The molecule has 0 spiro atoms. The SMILES string of the molecule is CC1CN(c2cc(Cl)ccn2)C[C@H](C)O1. The summed E-state index contributed by atoms with van der Waals surface area (Å²) in [6.07, 6.45) is 2.23. The van der Waals surface area contributed by atoms with Crippen molar-refractivity contribution in [3.8, 4) is 0 Å². The highest BCUT2D eigenvalue weighted by molar-refractivity contribution is 6.30. The highest BCUT2D eigenvalue weighted by Crippen LogP contribution is 2.20. The van der Waals surface area contributed by atoms with Crippen molar-refractivity contribution in [3.63, 3.8) is 0 Å². The molecule has 1 fully saturated rings. The summed E-state index contributed by atoms with van der Waals surface area (Å²) < 4.78 is 5.67. The molecule has 4 heteroatoms. The lowest BCUT2D eigenvalue weighted by Gasteiger charge is -2.36. The molecule has 1 saturated heterocycles. The largest absolute Gasteiger partial charge is 0.372 e. The van der Waals surface area contributed by atoms with Crippen molar-refractivity contribution in [1.82, 2.24) is 4.98 Å². The smallest absolute Gasteiger partial charge is 0.130 e. The van der Waals surface area contributed by atoms with Crippen LogP contribution >= 0.6 is 11.6 Å². The van der Waals surface area contributed by atoms with E-state index >= 15 is 0 Å². The third-order valence-electron chi connectivity index (χ3n) is 2.45. The molecule has 0 radical (unpaired) electrons. The molecule has 0 N–H and O–H groups in total. The topological polar surface area (TPSA) is 25.4 Å². The van der Waals surface area contributed by atoms with E-state index in [2.05, 4.69) is 23.7 Å². The molecular formula is C11H15ClN2O. The standard InChI is InChI=1S/C11H15ClN2O/c1-8-6-14(7-9(2)15-8)11-5-10(12)3-4-13-11/h3-5,8-9H,6-7H2,1-2H3/t8-,9?/m0/s1. The molecule has 0 saturated carbocycles. The number of pyridine rings is 1. The van der Waals surface area contributed by atoms with Crippen molar-refractivity contribution in [1.29, 1.82) is 0 Å². The quantitative estimate of drug-likeness (QED) is 0.735. The number of ether oxygens (including phenoxy) is 1. The first-order chi connectivity index (χ1) is 7.15. The van der Waals surface area contributed by atoms with Gasteiger partial charge in [0.15, 0.2) is 0 Å². The minimum atomic E-state index is 0.245. The number of hydrogen-bond acceptors (Lipinski definition) is 3. The number of aromatic nitrogens is 1. The Morgan fingerprint density at radius 2 is 2.07 bits per heavy atom. The van der Waals surface area contributed by atoms with Crippen LogP contribution in [0.1, 0.15) is 13.8 Å². The molecule has 1 aromatic rings. The Balaban J connectivity index is 2.16. The third-order valence-corrected chi connectivity index (χ3v) is 2.69. The van der Waals surface area contributed by atoms with Gasteiger partial charge in [-0.15, -0.1) is 0 Å². The van der Waals surface area contributed by atoms with Gasteiger partial charge in [-0.2, -0.15) is 0 Å². The first-order valence-corrected chi connectivity index (χ1v) is 5.55. The molecule has 3 nitrogen and oxygen atoms in total. The maximum absolute atomic E-state index is 5.94. The molecule has 1 aliphatic heterocycles. The van der Waals surface area contributed by atoms with Crippen LogP contribution in [0.5, 0.6) is 0 Å². The van der Waals surface area contributed by atoms with Gasteiger partial charge in [0.2, 0.25) is 0 Å². The molecule has 1 aliphatic rings. The van der Waals surface area contributed by atoms with Crippen LogP contribution in [0.15, 0.2) is 18.3 Å². The number of nitrogens with zero attached hydrogens (tertiary/aromatic N) is 2. The van der Waals surface area contributed by atoms with Gasteiger partial charge in [0.1, 0.15) is 5.82 Å². The minimum Gasteiger partial charge on any atom is -0.372 e. The number of hydrogen-bond donors (Lipinski definition) is 0. The minimum absolute atomic E-state index is 0.245. The van der Waals surface area contributed by atoms with Crippen molar-refractivity contribution >= 4 is 17.4 Å². The summed E-state index contributed by atoms with van der Waals surface area (Å²) in [6.45, 7) is 5.90. The number of rotatable bonds is 1. The monoisotopic (exact) mass is 226 g/mol. The van der Waals surface area contributed by atoms with Crippen LogP contribution < -0.4 is 4.90 Å². The zero-order valence-corrected chi connectivity index (χ0v) is 9.74. The van der Waals surface area contributed by atoms with Crippen molar-refractivity contribution in [3.05, 3.63) is 23.4 Å². The molecule has 15 heavy (non-hydrogen) atoms. The van der Waals surface area contributed by atoms with Crippen LogP contribution in [0.3, 0.4) is 0 Å².